The van der Waals surface area contributed by atoms with Crippen LogP contribution in [0.1, 0.15) is 33.5 Å². The van der Waals surface area contributed by atoms with E-state index in [1.54, 1.807) is 11.3 Å². The van der Waals surface area contributed by atoms with Crippen molar-refractivity contribution in [2.45, 2.75) is 26.7 Å². The fourth-order valence-electron chi connectivity index (χ4n) is 2.42. The van der Waals surface area contributed by atoms with Gasteiger partial charge in [0, 0.05) is 35.9 Å². The van der Waals surface area contributed by atoms with Gasteiger partial charge in [-0.15, -0.1) is 11.3 Å². The van der Waals surface area contributed by atoms with Crippen LogP contribution >= 0.6 is 11.3 Å². The Balaban J connectivity index is 1.81. The third kappa shape index (κ3) is 4.30. The van der Waals surface area contributed by atoms with Crippen LogP contribution in [0.2, 0.25) is 0 Å². The molecule has 1 N–H and O–H groups in total. The summed E-state index contributed by atoms with van der Waals surface area (Å²) < 4.78 is 5.31. The van der Waals surface area contributed by atoms with Crippen molar-refractivity contribution in [3.8, 4) is 0 Å². The van der Waals surface area contributed by atoms with E-state index in [0.717, 1.165) is 51.3 Å². The van der Waals surface area contributed by atoms with Crippen LogP contribution in [0, 0.1) is 6.92 Å². The Morgan fingerprint density at radius 1 is 1.45 bits per heavy atom. The molecule has 2 rings (SSSR count). The lowest BCUT2D eigenvalue weighted by Crippen LogP contribution is -2.41. The second-order valence-electron chi connectivity index (χ2n) is 5.15. The van der Waals surface area contributed by atoms with Gasteiger partial charge in [-0.3, -0.25) is 9.69 Å². The number of amides is 1. The van der Waals surface area contributed by atoms with Gasteiger partial charge >= 0.3 is 0 Å². The minimum Gasteiger partial charge on any atom is -0.379 e. The van der Waals surface area contributed by atoms with Crippen molar-refractivity contribution in [3.05, 3.63) is 21.4 Å². The van der Waals surface area contributed by atoms with E-state index < -0.39 is 0 Å². The highest BCUT2D eigenvalue weighted by molar-refractivity contribution is 7.12. The molecule has 5 heteroatoms. The van der Waals surface area contributed by atoms with Crippen molar-refractivity contribution >= 4 is 17.2 Å². The standard InChI is InChI=1S/C15H24N2O2S/c1-3-4-14-13(11-12(2)20-14)15(18)16-5-6-17-7-9-19-10-8-17/h11H,3-10H2,1-2H3,(H,16,18). The average molecular weight is 296 g/mol. The lowest BCUT2D eigenvalue weighted by atomic mass is 10.1. The molecule has 1 amide bonds. The van der Waals surface area contributed by atoms with E-state index in [1.807, 2.05) is 6.07 Å². The fraction of sp³-hybridized carbons (Fsp3) is 0.667. The van der Waals surface area contributed by atoms with Crippen LogP contribution in [0.3, 0.4) is 0 Å². The number of aryl methyl sites for hydroxylation is 2. The molecule has 0 aliphatic carbocycles. The van der Waals surface area contributed by atoms with E-state index in [1.165, 1.54) is 9.75 Å². The maximum atomic E-state index is 12.2. The predicted octanol–water partition coefficient (Wildman–Crippen LogP) is 2.07. The Hall–Kier alpha value is -0.910. The zero-order chi connectivity index (χ0) is 14.4. The zero-order valence-electron chi connectivity index (χ0n) is 12.4. The van der Waals surface area contributed by atoms with Gasteiger partial charge in [-0.2, -0.15) is 0 Å². The number of morpholine rings is 1. The monoisotopic (exact) mass is 296 g/mol. The minimum atomic E-state index is 0.0751. The van der Waals surface area contributed by atoms with E-state index in [9.17, 15) is 4.79 Å². The molecular weight excluding hydrogens is 272 g/mol. The average Bonchev–Trinajstić information content (AvgIpc) is 2.81. The minimum absolute atomic E-state index is 0.0751. The van der Waals surface area contributed by atoms with Crippen molar-refractivity contribution in [1.82, 2.24) is 10.2 Å². The first-order valence-corrected chi connectivity index (χ1v) is 8.20. The molecule has 2 heterocycles. The van der Waals surface area contributed by atoms with Gasteiger partial charge in [0.2, 0.25) is 0 Å². The molecule has 0 atom stereocenters. The first-order valence-electron chi connectivity index (χ1n) is 7.38. The maximum absolute atomic E-state index is 12.2. The van der Waals surface area contributed by atoms with Crippen LogP contribution in [0.15, 0.2) is 6.07 Å². The summed E-state index contributed by atoms with van der Waals surface area (Å²) in [4.78, 5) is 17.0. The highest BCUT2D eigenvalue weighted by atomic mass is 32.1. The summed E-state index contributed by atoms with van der Waals surface area (Å²) in [7, 11) is 0. The molecule has 0 unspecified atom stereocenters. The Morgan fingerprint density at radius 3 is 2.90 bits per heavy atom. The van der Waals surface area contributed by atoms with Gasteiger partial charge in [0.15, 0.2) is 0 Å². The van der Waals surface area contributed by atoms with E-state index >= 15 is 0 Å². The summed E-state index contributed by atoms with van der Waals surface area (Å²) in [5.74, 6) is 0.0751. The second-order valence-corrected chi connectivity index (χ2v) is 6.49. The summed E-state index contributed by atoms with van der Waals surface area (Å²) in [6, 6.07) is 2.01. The Bertz CT molecular complexity index is 439. The molecule has 0 spiro atoms. The molecule has 1 saturated heterocycles. The van der Waals surface area contributed by atoms with Crippen LogP contribution < -0.4 is 5.32 Å². The third-order valence-corrected chi connectivity index (χ3v) is 4.58. The Morgan fingerprint density at radius 2 is 2.20 bits per heavy atom. The molecule has 112 valence electrons. The summed E-state index contributed by atoms with van der Waals surface area (Å²) in [6.45, 7) is 9.36. The largest absolute Gasteiger partial charge is 0.379 e. The first-order chi connectivity index (χ1) is 9.70. The highest BCUT2D eigenvalue weighted by Gasteiger charge is 2.15. The van der Waals surface area contributed by atoms with Gasteiger partial charge in [-0.25, -0.2) is 0 Å². The molecule has 4 nitrogen and oxygen atoms in total. The van der Waals surface area contributed by atoms with Crippen molar-refractivity contribution in [3.63, 3.8) is 0 Å². The van der Waals surface area contributed by atoms with Crippen LogP contribution in [-0.4, -0.2) is 50.2 Å². The molecule has 1 aliphatic heterocycles. The molecule has 1 fully saturated rings. The summed E-state index contributed by atoms with van der Waals surface area (Å²) >= 11 is 1.74. The number of nitrogens with one attached hydrogen (secondary N) is 1. The first kappa shape index (κ1) is 15.5. The fourth-order valence-corrected chi connectivity index (χ4v) is 3.55. The molecule has 0 saturated carbocycles. The summed E-state index contributed by atoms with van der Waals surface area (Å²) in [5.41, 5.74) is 0.872. The third-order valence-electron chi connectivity index (χ3n) is 3.47. The molecule has 1 aromatic rings. The van der Waals surface area contributed by atoms with Gasteiger partial charge in [-0.05, 0) is 19.4 Å². The smallest absolute Gasteiger partial charge is 0.252 e. The van der Waals surface area contributed by atoms with E-state index in [-0.39, 0.29) is 5.91 Å². The van der Waals surface area contributed by atoms with Gasteiger partial charge in [0.25, 0.3) is 5.91 Å². The number of hydrogen-bond donors (Lipinski definition) is 1. The predicted molar refractivity (Wildman–Crippen MR) is 82.6 cm³/mol. The molecule has 0 aromatic carbocycles. The van der Waals surface area contributed by atoms with Crippen molar-refractivity contribution in [1.29, 1.82) is 0 Å². The number of ether oxygens (including phenoxy) is 1. The van der Waals surface area contributed by atoms with Gasteiger partial charge in [0.05, 0.1) is 18.8 Å². The quantitative estimate of drug-likeness (QED) is 0.874. The van der Waals surface area contributed by atoms with E-state index in [0.29, 0.717) is 6.54 Å². The van der Waals surface area contributed by atoms with Crippen LogP contribution in [0.25, 0.3) is 0 Å². The van der Waals surface area contributed by atoms with Crippen molar-refractivity contribution in [2.75, 3.05) is 39.4 Å². The maximum Gasteiger partial charge on any atom is 0.252 e. The highest BCUT2D eigenvalue weighted by Crippen LogP contribution is 2.23. The Kier molecular flexibility index (Phi) is 6.01. The normalized spacial score (nSPS) is 16.3. The van der Waals surface area contributed by atoms with E-state index in [2.05, 4.69) is 24.1 Å². The SMILES string of the molecule is CCCc1sc(C)cc1C(=O)NCCN1CCOCC1. The number of carbonyl (C=O) groups is 1. The second kappa shape index (κ2) is 7.76. The molecule has 20 heavy (non-hydrogen) atoms. The van der Waals surface area contributed by atoms with Crippen LogP contribution in [-0.2, 0) is 11.2 Å². The van der Waals surface area contributed by atoms with Crippen LogP contribution in [0.4, 0.5) is 0 Å². The molecule has 1 aliphatic rings. The number of thiophene rings is 1. The van der Waals surface area contributed by atoms with Gasteiger partial charge in [-0.1, -0.05) is 13.3 Å². The molecule has 1 aromatic heterocycles. The lowest BCUT2D eigenvalue weighted by molar-refractivity contribution is 0.0383. The zero-order valence-corrected chi connectivity index (χ0v) is 13.2. The van der Waals surface area contributed by atoms with Crippen LogP contribution in [0.5, 0.6) is 0 Å². The topological polar surface area (TPSA) is 41.6 Å². The summed E-state index contributed by atoms with van der Waals surface area (Å²) in [5, 5.41) is 3.04. The summed E-state index contributed by atoms with van der Waals surface area (Å²) in [6.07, 6.45) is 2.07. The number of nitrogens with zero attached hydrogens (tertiary/aromatic N) is 1. The molecular formula is C15H24N2O2S. The molecule has 0 radical (unpaired) electrons. The van der Waals surface area contributed by atoms with Gasteiger partial charge in [0.1, 0.15) is 0 Å². The number of hydrogen-bond acceptors (Lipinski definition) is 4. The molecule has 0 bridgehead atoms. The van der Waals surface area contributed by atoms with Gasteiger partial charge < -0.3 is 10.1 Å². The van der Waals surface area contributed by atoms with Crippen molar-refractivity contribution in [2.24, 2.45) is 0 Å². The Labute approximate surface area is 125 Å². The number of carbonyl (C=O) groups excluding carboxylic acids is 1. The van der Waals surface area contributed by atoms with E-state index in [4.69, 9.17) is 4.74 Å². The lowest BCUT2D eigenvalue weighted by Gasteiger charge is -2.26. The number of rotatable bonds is 6. The van der Waals surface area contributed by atoms with Crippen molar-refractivity contribution < 1.29 is 9.53 Å².